The highest BCUT2D eigenvalue weighted by molar-refractivity contribution is 6.30. The molecule has 0 amide bonds. The Morgan fingerprint density at radius 2 is 1.81 bits per heavy atom. The summed E-state index contributed by atoms with van der Waals surface area (Å²) in [6.07, 6.45) is 3.16. The van der Waals surface area contributed by atoms with Gasteiger partial charge in [0.2, 0.25) is 0 Å². The Morgan fingerprint density at radius 1 is 1.19 bits per heavy atom. The van der Waals surface area contributed by atoms with Crippen molar-refractivity contribution in [2.24, 2.45) is 5.41 Å². The zero-order chi connectivity index (χ0) is 15.3. The molecule has 1 aromatic rings. The third-order valence-electron chi connectivity index (χ3n) is 4.25. The van der Waals surface area contributed by atoms with Crippen LogP contribution in [-0.2, 0) is 4.79 Å². The highest BCUT2D eigenvalue weighted by Gasteiger charge is 2.27. The number of benzene rings is 1. The molecule has 1 heterocycles. The minimum Gasteiger partial charge on any atom is -0.369 e. The summed E-state index contributed by atoms with van der Waals surface area (Å²) in [6, 6.07) is 8.02. The van der Waals surface area contributed by atoms with Crippen molar-refractivity contribution in [3.8, 4) is 0 Å². The third-order valence-corrected chi connectivity index (χ3v) is 4.51. The van der Waals surface area contributed by atoms with Crippen LogP contribution in [0.3, 0.4) is 0 Å². The van der Waals surface area contributed by atoms with Crippen LogP contribution in [0, 0.1) is 5.41 Å². The summed E-state index contributed by atoms with van der Waals surface area (Å²) >= 11 is 5.93. The van der Waals surface area contributed by atoms with Gasteiger partial charge in [-0.2, -0.15) is 0 Å². The summed E-state index contributed by atoms with van der Waals surface area (Å²) in [4.78, 5) is 16.2. The summed E-state index contributed by atoms with van der Waals surface area (Å²) in [6.45, 7) is 9.12. The summed E-state index contributed by atoms with van der Waals surface area (Å²) in [5.41, 5.74) is 1.03. The van der Waals surface area contributed by atoms with Gasteiger partial charge in [-0.05, 0) is 30.7 Å². The lowest BCUT2D eigenvalue weighted by molar-refractivity contribution is -0.116. The summed E-state index contributed by atoms with van der Waals surface area (Å²) in [5.74, 6) is 0. The predicted molar refractivity (Wildman–Crippen MR) is 89.2 cm³/mol. The van der Waals surface area contributed by atoms with Gasteiger partial charge in [-0.3, -0.25) is 4.90 Å². The van der Waals surface area contributed by atoms with Crippen LogP contribution in [0.5, 0.6) is 0 Å². The van der Waals surface area contributed by atoms with Crippen molar-refractivity contribution < 1.29 is 4.79 Å². The minimum absolute atomic E-state index is 0.197. The molecule has 0 radical (unpaired) electrons. The topological polar surface area (TPSA) is 23.6 Å². The maximum absolute atomic E-state index is 11.4. The molecule has 1 unspecified atom stereocenters. The summed E-state index contributed by atoms with van der Waals surface area (Å²) in [7, 11) is 0. The molecular formula is C17H25ClN2O. The molecule has 1 aliphatic rings. The van der Waals surface area contributed by atoms with Crippen LogP contribution >= 0.6 is 11.6 Å². The third kappa shape index (κ3) is 4.45. The van der Waals surface area contributed by atoms with E-state index in [-0.39, 0.29) is 5.41 Å². The molecule has 4 heteroatoms. The summed E-state index contributed by atoms with van der Waals surface area (Å²) in [5, 5.41) is 0.777. The van der Waals surface area contributed by atoms with Crippen molar-refractivity contribution in [3.63, 3.8) is 0 Å². The number of piperazine rings is 1. The molecular weight excluding hydrogens is 284 g/mol. The molecule has 2 rings (SSSR count). The van der Waals surface area contributed by atoms with Crippen LogP contribution in [0.2, 0.25) is 5.02 Å². The summed E-state index contributed by atoms with van der Waals surface area (Å²) < 4.78 is 0. The zero-order valence-corrected chi connectivity index (χ0v) is 13.8. The number of aldehydes is 1. The van der Waals surface area contributed by atoms with Gasteiger partial charge < -0.3 is 9.69 Å². The molecule has 1 atom stereocenters. The largest absolute Gasteiger partial charge is 0.369 e. The van der Waals surface area contributed by atoms with E-state index in [4.69, 9.17) is 11.6 Å². The Bertz CT molecular complexity index is 454. The maximum Gasteiger partial charge on any atom is 0.127 e. The molecule has 0 aromatic heterocycles. The number of nitrogens with zero attached hydrogens (tertiary/aromatic N) is 2. The average Bonchev–Trinajstić information content (AvgIpc) is 2.49. The maximum atomic E-state index is 11.4. The number of halogens is 1. The highest BCUT2D eigenvalue weighted by Crippen LogP contribution is 2.24. The van der Waals surface area contributed by atoms with Gasteiger partial charge in [-0.15, -0.1) is 0 Å². The van der Waals surface area contributed by atoms with Gasteiger partial charge >= 0.3 is 0 Å². The van der Waals surface area contributed by atoms with Crippen LogP contribution in [-0.4, -0.2) is 43.9 Å². The number of carbonyl (C=O) groups is 1. The zero-order valence-electron chi connectivity index (χ0n) is 13.0. The lowest BCUT2D eigenvalue weighted by Crippen LogP contribution is -2.49. The van der Waals surface area contributed by atoms with Gasteiger partial charge in [0.05, 0.1) is 0 Å². The normalized spacial score (nSPS) is 19.3. The average molecular weight is 309 g/mol. The van der Waals surface area contributed by atoms with E-state index in [0.717, 1.165) is 56.9 Å². The molecule has 0 spiro atoms. The monoisotopic (exact) mass is 308 g/mol. The van der Waals surface area contributed by atoms with Crippen molar-refractivity contribution in [2.75, 3.05) is 37.6 Å². The van der Waals surface area contributed by atoms with Crippen LogP contribution in [0.1, 0.15) is 26.7 Å². The number of hydrogen-bond acceptors (Lipinski definition) is 3. The first-order valence-corrected chi connectivity index (χ1v) is 8.13. The van der Waals surface area contributed by atoms with Gasteiger partial charge in [-0.1, -0.05) is 31.9 Å². The number of carbonyl (C=O) groups excluding carboxylic acids is 1. The molecule has 1 saturated heterocycles. The van der Waals surface area contributed by atoms with Gasteiger partial charge in [0.25, 0.3) is 0 Å². The smallest absolute Gasteiger partial charge is 0.127 e. The second-order valence-corrected chi connectivity index (χ2v) is 6.70. The first kappa shape index (κ1) is 16.3. The SMILES string of the molecule is CCCC(C)(C=O)CN1CCN(c2ccc(Cl)cc2)CC1. The predicted octanol–water partition coefficient (Wildman–Crippen LogP) is 3.47. The Hall–Kier alpha value is -1.06. The quantitative estimate of drug-likeness (QED) is 0.752. The van der Waals surface area contributed by atoms with Crippen molar-refractivity contribution >= 4 is 23.6 Å². The standard InChI is InChI=1S/C17H25ClN2O/c1-3-8-17(2,14-21)13-19-9-11-20(12-10-19)16-6-4-15(18)5-7-16/h4-7,14H,3,8-13H2,1-2H3. The van der Waals surface area contributed by atoms with Crippen LogP contribution < -0.4 is 4.90 Å². The van der Waals surface area contributed by atoms with Crippen molar-refractivity contribution in [2.45, 2.75) is 26.7 Å². The van der Waals surface area contributed by atoms with E-state index in [2.05, 4.69) is 35.8 Å². The van der Waals surface area contributed by atoms with Crippen LogP contribution in [0.25, 0.3) is 0 Å². The molecule has 1 aromatic carbocycles. The number of hydrogen-bond donors (Lipinski definition) is 0. The molecule has 1 fully saturated rings. The second kappa shape index (κ2) is 7.28. The highest BCUT2D eigenvalue weighted by atomic mass is 35.5. The Morgan fingerprint density at radius 3 is 2.33 bits per heavy atom. The van der Waals surface area contributed by atoms with Gasteiger partial charge in [0.1, 0.15) is 6.29 Å². The molecule has 0 N–H and O–H groups in total. The first-order chi connectivity index (χ1) is 10.1. The molecule has 116 valence electrons. The van der Waals surface area contributed by atoms with Gasteiger partial charge in [0.15, 0.2) is 0 Å². The van der Waals surface area contributed by atoms with Crippen molar-refractivity contribution in [1.82, 2.24) is 4.90 Å². The first-order valence-electron chi connectivity index (χ1n) is 7.75. The fraction of sp³-hybridized carbons (Fsp3) is 0.588. The van der Waals surface area contributed by atoms with Gasteiger partial charge in [-0.25, -0.2) is 0 Å². The van der Waals surface area contributed by atoms with E-state index < -0.39 is 0 Å². The lowest BCUT2D eigenvalue weighted by atomic mass is 9.86. The van der Waals surface area contributed by atoms with E-state index in [1.165, 1.54) is 5.69 Å². The molecule has 0 saturated carbocycles. The van der Waals surface area contributed by atoms with E-state index in [1.807, 2.05) is 12.1 Å². The van der Waals surface area contributed by atoms with Crippen LogP contribution in [0.4, 0.5) is 5.69 Å². The van der Waals surface area contributed by atoms with Crippen molar-refractivity contribution in [3.05, 3.63) is 29.3 Å². The molecule has 3 nitrogen and oxygen atoms in total. The molecule has 21 heavy (non-hydrogen) atoms. The van der Waals surface area contributed by atoms with Crippen LogP contribution in [0.15, 0.2) is 24.3 Å². The lowest BCUT2D eigenvalue weighted by Gasteiger charge is -2.39. The van der Waals surface area contributed by atoms with E-state index in [9.17, 15) is 4.79 Å². The Labute approximate surface area is 132 Å². The van der Waals surface area contributed by atoms with E-state index >= 15 is 0 Å². The fourth-order valence-corrected chi connectivity index (χ4v) is 3.20. The Kier molecular flexibility index (Phi) is 5.65. The minimum atomic E-state index is -0.197. The van der Waals surface area contributed by atoms with E-state index in [0.29, 0.717) is 0 Å². The second-order valence-electron chi connectivity index (χ2n) is 6.26. The molecule has 0 bridgehead atoms. The molecule has 0 aliphatic carbocycles. The number of anilines is 1. The van der Waals surface area contributed by atoms with E-state index in [1.54, 1.807) is 0 Å². The Balaban J connectivity index is 1.88. The fourth-order valence-electron chi connectivity index (χ4n) is 3.07. The van der Waals surface area contributed by atoms with Gasteiger partial charge in [0, 0.05) is 48.8 Å². The van der Waals surface area contributed by atoms with Crippen molar-refractivity contribution in [1.29, 1.82) is 0 Å². The number of rotatable bonds is 6. The molecule has 1 aliphatic heterocycles.